The van der Waals surface area contributed by atoms with Gasteiger partial charge in [0.1, 0.15) is 4.36 Å². The van der Waals surface area contributed by atoms with Crippen LogP contribution in [0.25, 0.3) is 0 Å². The zero-order chi connectivity index (χ0) is 16.9. The van der Waals surface area contributed by atoms with Crippen LogP contribution in [0.3, 0.4) is 0 Å². The van der Waals surface area contributed by atoms with Crippen LogP contribution in [-0.4, -0.2) is 30.6 Å². The molecular weight excluding hydrogens is 332 g/mol. The third-order valence-corrected chi connectivity index (χ3v) is 6.08. The maximum Gasteiger partial charge on any atom is 0.109 e. The molecule has 0 aromatic heterocycles. The van der Waals surface area contributed by atoms with Crippen molar-refractivity contribution in [2.24, 2.45) is 5.41 Å². The van der Waals surface area contributed by atoms with Crippen molar-refractivity contribution in [3.63, 3.8) is 0 Å². The van der Waals surface area contributed by atoms with Gasteiger partial charge in [-0.05, 0) is 51.3 Å². The minimum absolute atomic E-state index is 0.0149. The zero-order valence-electron chi connectivity index (χ0n) is 14.1. The van der Waals surface area contributed by atoms with E-state index in [0.29, 0.717) is 30.8 Å². The molecule has 0 aliphatic heterocycles. The van der Waals surface area contributed by atoms with Gasteiger partial charge in [0.25, 0.3) is 0 Å². The van der Waals surface area contributed by atoms with E-state index in [1.54, 1.807) is 0 Å². The number of rotatable bonds is 8. The summed E-state index contributed by atoms with van der Waals surface area (Å²) >= 11 is 6.40. The average molecular weight is 357 g/mol. The van der Waals surface area contributed by atoms with Crippen molar-refractivity contribution in [2.75, 3.05) is 26.4 Å². The minimum atomic E-state index is -1.30. The molecule has 0 amide bonds. The fourth-order valence-corrected chi connectivity index (χ4v) is 4.17. The molecule has 128 valence electrons. The highest BCUT2D eigenvalue weighted by molar-refractivity contribution is 7.90. The van der Waals surface area contributed by atoms with E-state index in [1.807, 2.05) is 45.0 Å². The molecule has 1 saturated carbocycles. The first-order valence-corrected chi connectivity index (χ1v) is 9.55. The van der Waals surface area contributed by atoms with Crippen LogP contribution >= 0.6 is 11.6 Å². The first-order chi connectivity index (χ1) is 11.0. The molecule has 1 aromatic carbocycles. The molecule has 0 heterocycles. The Morgan fingerprint density at radius 1 is 1.13 bits per heavy atom. The summed E-state index contributed by atoms with van der Waals surface area (Å²) in [5, 5.41) is 0. The molecule has 1 atom stereocenters. The van der Waals surface area contributed by atoms with E-state index >= 15 is 0 Å². The molecule has 0 saturated heterocycles. The van der Waals surface area contributed by atoms with E-state index in [9.17, 15) is 4.21 Å². The van der Waals surface area contributed by atoms with E-state index < -0.39 is 10.8 Å². The molecule has 0 spiro atoms. The Bertz CT molecular complexity index is 562. The smallest absolute Gasteiger partial charge is 0.109 e. The summed E-state index contributed by atoms with van der Waals surface area (Å²) in [6, 6.07) is 7.66. The summed E-state index contributed by atoms with van der Waals surface area (Å²) in [6.45, 7) is 8.69. The first-order valence-electron chi connectivity index (χ1n) is 8.03. The summed E-state index contributed by atoms with van der Waals surface area (Å²) in [5.41, 5.74) is 2.19. The highest BCUT2D eigenvalue weighted by Gasteiger charge is 2.43. The molecule has 23 heavy (non-hydrogen) atoms. The normalized spacial score (nSPS) is 17.7. The van der Waals surface area contributed by atoms with Gasteiger partial charge in [0.15, 0.2) is 0 Å². The molecule has 1 aromatic rings. The lowest BCUT2D eigenvalue weighted by molar-refractivity contribution is -0.0386. The average Bonchev–Trinajstić information content (AvgIpc) is 2.53. The molecule has 0 radical (unpaired) electrons. The van der Waals surface area contributed by atoms with E-state index in [2.05, 4.69) is 0 Å². The number of halogens is 1. The van der Waals surface area contributed by atoms with Gasteiger partial charge < -0.3 is 9.47 Å². The lowest BCUT2D eigenvalue weighted by Gasteiger charge is -2.43. The first kappa shape index (κ1) is 18.7. The molecule has 1 aliphatic rings. The van der Waals surface area contributed by atoms with Crippen LogP contribution in [0.1, 0.15) is 32.3 Å². The molecule has 5 heteroatoms. The van der Waals surface area contributed by atoms with Gasteiger partial charge in [-0.15, -0.1) is 0 Å². The predicted octanol–water partition coefficient (Wildman–Crippen LogP) is 4.41. The molecular formula is C18H25ClO3S. The number of benzene rings is 1. The summed E-state index contributed by atoms with van der Waals surface area (Å²) in [7, 11) is -1.30. The van der Waals surface area contributed by atoms with Crippen LogP contribution in [0.2, 0.25) is 0 Å². The SMILES string of the molecule is CCOCC1(COCC)CC(=C(Cl)S(=O)c2ccc(C)cc2)C1. The molecule has 1 unspecified atom stereocenters. The van der Waals surface area contributed by atoms with Gasteiger partial charge in [-0.25, -0.2) is 4.21 Å². The van der Waals surface area contributed by atoms with E-state index in [1.165, 1.54) is 0 Å². The highest BCUT2D eigenvalue weighted by Crippen LogP contribution is 2.48. The second-order valence-electron chi connectivity index (χ2n) is 6.09. The summed E-state index contributed by atoms with van der Waals surface area (Å²) < 4.78 is 24.3. The van der Waals surface area contributed by atoms with Gasteiger partial charge in [-0.2, -0.15) is 0 Å². The maximum absolute atomic E-state index is 12.6. The Balaban J connectivity index is 2.07. The summed E-state index contributed by atoms with van der Waals surface area (Å²) in [6.07, 6.45) is 1.59. The van der Waals surface area contributed by atoms with Crippen LogP contribution in [0.4, 0.5) is 0 Å². The Morgan fingerprint density at radius 2 is 1.65 bits per heavy atom. The Morgan fingerprint density at radius 3 is 2.13 bits per heavy atom. The van der Waals surface area contributed by atoms with Crippen LogP contribution < -0.4 is 0 Å². The van der Waals surface area contributed by atoms with Crippen LogP contribution in [0.15, 0.2) is 39.1 Å². The summed E-state index contributed by atoms with van der Waals surface area (Å²) in [4.78, 5) is 0.750. The van der Waals surface area contributed by atoms with Crippen molar-refractivity contribution >= 4 is 22.4 Å². The fraction of sp³-hybridized carbons (Fsp3) is 0.556. The second-order valence-corrected chi connectivity index (χ2v) is 8.11. The number of aryl methyl sites for hydroxylation is 1. The van der Waals surface area contributed by atoms with Gasteiger partial charge >= 0.3 is 0 Å². The van der Waals surface area contributed by atoms with Crippen molar-refractivity contribution in [1.29, 1.82) is 0 Å². The minimum Gasteiger partial charge on any atom is -0.381 e. The van der Waals surface area contributed by atoms with Gasteiger partial charge in [0.05, 0.1) is 24.0 Å². The number of allylic oxidation sites excluding steroid dienone is 1. The summed E-state index contributed by atoms with van der Waals surface area (Å²) in [5.74, 6) is 0. The Labute approximate surface area is 146 Å². The molecule has 0 N–H and O–H groups in total. The standard InChI is InChI=1S/C18H25ClO3S/c1-4-21-12-18(13-22-5-2)10-15(11-18)17(19)23(20)16-8-6-14(3)7-9-16/h6-9H,4-5,10-13H2,1-3H3. The maximum atomic E-state index is 12.6. The van der Waals surface area contributed by atoms with E-state index in [0.717, 1.165) is 28.9 Å². The lowest BCUT2D eigenvalue weighted by atomic mass is 9.67. The van der Waals surface area contributed by atoms with Crippen molar-refractivity contribution in [3.05, 3.63) is 39.8 Å². The third kappa shape index (κ3) is 4.66. The van der Waals surface area contributed by atoms with E-state index in [-0.39, 0.29) is 5.41 Å². The van der Waals surface area contributed by atoms with Gasteiger partial charge in [-0.3, -0.25) is 0 Å². The van der Waals surface area contributed by atoms with E-state index in [4.69, 9.17) is 21.1 Å². The number of ether oxygens (including phenoxy) is 2. The van der Waals surface area contributed by atoms with Gasteiger partial charge in [-0.1, -0.05) is 29.3 Å². The highest BCUT2D eigenvalue weighted by atomic mass is 35.5. The van der Waals surface area contributed by atoms with Crippen molar-refractivity contribution in [3.8, 4) is 0 Å². The quantitative estimate of drug-likeness (QED) is 0.692. The molecule has 2 rings (SSSR count). The Kier molecular flexibility index (Phi) is 6.84. The van der Waals surface area contributed by atoms with Gasteiger partial charge in [0, 0.05) is 23.5 Å². The third-order valence-electron chi connectivity index (χ3n) is 4.08. The monoisotopic (exact) mass is 356 g/mol. The number of hydrogen-bond donors (Lipinski definition) is 0. The lowest BCUT2D eigenvalue weighted by Crippen LogP contribution is -2.41. The molecule has 1 aliphatic carbocycles. The van der Waals surface area contributed by atoms with Crippen LogP contribution in [0, 0.1) is 12.3 Å². The largest absolute Gasteiger partial charge is 0.381 e. The number of hydrogen-bond acceptors (Lipinski definition) is 3. The van der Waals surface area contributed by atoms with Crippen molar-refractivity contribution in [2.45, 2.75) is 38.5 Å². The van der Waals surface area contributed by atoms with Crippen molar-refractivity contribution < 1.29 is 13.7 Å². The topological polar surface area (TPSA) is 35.5 Å². The second kappa shape index (κ2) is 8.43. The fourth-order valence-electron chi connectivity index (χ4n) is 2.77. The zero-order valence-corrected chi connectivity index (χ0v) is 15.6. The van der Waals surface area contributed by atoms with Crippen LogP contribution in [0.5, 0.6) is 0 Å². The predicted molar refractivity (Wildman–Crippen MR) is 95.1 cm³/mol. The Hall–Kier alpha value is -0.680. The molecule has 0 bridgehead atoms. The van der Waals surface area contributed by atoms with Gasteiger partial charge in [0.2, 0.25) is 0 Å². The molecule has 3 nitrogen and oxygen atoms in total. The molecule has 1 fully saturated rings. The van der Waals surface area contributed by atoms with Crippen LogP contribution in [-0.2, 0) is 20.3 Å². The van der Waals surface area contributed by atoms with Crippen molar-refractivity contribution in [1.82, 2.24) is 0 Å².